The maximum Gasteiger partial charge on any atom is 0.225 e. The van der Waals surface area contributed by atoms with Gasteiger partial charge in [0.1, 0.15) is 11.5 Å². The Hall–Kier alpha value is -1.37. The van der Waals surface area contributed by atoms with E-state index in [0.29, 0.717) is 19.8 Å². The molecular weight excluding hydrogens is 296 g/mol. The number of nitrogens with zero attached hydrogens (tertiary/aromatic N) is 1. The van der Waals surface area contributed by atoms with Crippen LogP contribution < -0.4 is 5.32 Å². The lowest BCUT2D eigenvalue weighted by Crippen LogP contribution is -2.45. The van der Waals surface area contributed by atoms with Gasteiger partial charge >= 0.3 is 0 Å². The monoisotopic (exact) mass is 322 g/mol. The standard InChI is InChI=1S/C17H26N2O4/c1-12-5-6-16(23-12)14(19-7-9-22-10-8-19)11-18-17(21)13-3-2-4-15(13)20/h5-6,13-15,20H,2-4,7-11H2,1H3,(H,18,21). The number of hydrogen-bond donors (Lipinski definition) is 2. The average Bonchev–Trinajstić information content (AvgIpc) is 3.17. The van der Waals surface area contributed by atoms with E-state index in [1.165, 1.54) is 0 Å². The Balaban J connectivity index is 1.64. The predicted octanol–water partition coefficient (Wildman–Crippen LogP) is 1.24. The summed E-state index contributed by atoms with van der Waals surface area (Å²) < 4.78 is 11.2. The van der Waals surface area contributed by atoms with Crippen LogP contribution in [-0.2, 0) is 9.53 Å². The van der Waals surface area contributed by atoms with Crippen LogP contribution in [0.25, 0.3) is 0 Å². The third-order valence-corrected chi connectivity index (χ3v) is 4.86. The second kappa shape index (κ2) is 7.47. The first-order valence-corrected chi connectivity index (χ1v) is 8.49. The first-order chi connectivity index (χ1) is 11.1. The minimum Gasteiger partial charge on any atom is -0.465 e. The zero-order valence-corrected chi connectivity index (χ0v) is 13.7. The Labute approximate surface area is 136 Å². The second-order valence-corrected chi connectivity index (χ2v) is 6.46. The molecule has 1 saturated carbocycles. The number of nitrogens with one attached hydrogen (secondary N) is 1. The summed E-state index contributed by atoms with van der Waals surface area (Å²) in [5.41, 5.74) is 0. The Morgan fingerprint density at radius 2 is 2.17 bits per heavy atom. The molecule has 23 heavy (non-hydrogen) atoms. The smallest absolute Gasteiger partial charge is 0.225 e. The van der Waals surface area contributed by atoms with Gasteiger partial charge in [0, 0.05) is 19.6 Å². The van der Waals surface area contributed by atoms with E-state index in [-0.39, 0.29) is 17.9 Å². The molecule has 3 atom stereocenters. The number of aliphatic hydroxyl groups is 1. The maximum atomic E-state index is 12.3. The van der Waals surface area contributed by atoms with E-state index in [1.54, 1.807) is 0 Å². The van der Waals surface area contributed by atoms with Gasteiger partial charge in [-0.15, -0.1) is 0 Å². The normalized spacial score (nSPS) is 27.0. The lowest BCUT2D eigenvalue weighted by molar-refractivity contribution is -0.127. The zero-order chi connectivity index (χ0) is 16.2. The van der Waals surface area contributed by atoms with E-state index in [4.69, 9.17) is 9.15 Å². The SMILES string of the molecule is Cc1ccc(C(CNC(=O)C2CCCC2O)N2CCOCC2)o1. The molecule has 1 aromatic heterocycles. The van der Waals surface area contributed by atoms with Gasteiger partial charge < -0.3 is 19.6 Å². The summed E-state index contributed by atoms with van der Waals surface area (Å²) in [6, 6.07) is 3.94. The van der Waals surface area contributed by atoms with Crippen molar-refractivity contribution in [3.05, 3.63) is 23.7 Å². The van der Waals surface area contributed by atoms with E-state index in [2.05, 4.69) is 10.2 Å². The number of aliphatic hydroxyl groups excluding tert-OH is 1. The van der Waals surface area contributed by atoms with Crippen molar-refractivity contribution in [3.63, 3.8) is 0 Å². The van der Waals surface area contributed by atoms with Crippen molar-refractivity contribution < 1.29 is 19.1 Å². The van der Waals surface area contributed by atoms with E-state index in [9.17, 15) is 9.90 Å². The Morgan fingerprint density at radius 1 is 1.39 bits per heavy atom. The number of rotatable bonds is 5. The van der Waals surface area contributed by atoms with Crippen LogP contribution in [-0.4, -0.2) is 54.9 Å². The van der Waals surface area contributed by atoms with Crippen LogP contribution in [0.15, 0.2) is 16.5 Å². The van der Waals surface area contributed by atoms with Crippen molar-refractivity contribution in [3.8, 4) is 0 Å². The molecule has 2 heterocycles. The second-order valence-electron chi connectivity index (χ2n) is 6.46. The molecule has 0 spiro atoms. The fourth-order valence-electron chi connectivity index (χ4n) is 3.51. The highest BCUT2D eigenvalue weighted by atomic mass is 16.5. The summed E-state index contributed by atoms with van der Waals surface area (Å²) in [7, 11) is 0. The molecule has 1 aliphatic heterocycles. The van der Waals surface area contributed by atoms with E-state index in [0.717, 1.165) is 43.9 Å². The molecular formula is C17H26N2O4. The summed E-state index contributed by atoms with van der Waals surface area (Å²) >= 11 is 0. The molecule has 3 unspecified atom stereocenters. The minimum absolute atomic E-state index is 0.00935. The Kier molecular flexibility index (Phi) is 5.35. The quantitative estimate of drug-likeness (QED) is 0.853. The number of hydrogen-bond acceptors (Lipinski definition) is 5. The average molecular weight is 322 g/mol. The highest BCUT2D eigenvalue weighted by Gasteiger charge is 2.32. The lowest BCUT2D eigenvalue weighted by atomic mass is 10.0. The summed E-state index contributed by atoms with van der Waals surface area (Å²) in [4.78, 5) is 14.6. The van der Waals surface area contributed by atoms with Crippen LogP contribution in [0.5, 0.6) is 0 Å². The molecule has 1 aliphatic carbocycles. The van der Waals surface area contributed by atoms with Gasteiger partial charge in [-0.25, -0.2) is 0 Å². The third-order valence-electron chi connectivity index (χ3n) is 4.86. The lowest BCUT2D eigenvalue weighted by Gasteiger charge is -2.33. The molecule has 128 valence electrons. The molecule has 6 nitrogen and oxygen atoms in total. The highest BCUT2D eigenvalue weighted by molar-refractivity contribution is 5.79. The summed E-state index contributed by atoms with van der Waals surface area (Å²) in [6.45, 7) is 5.47. The molecule has 6 heteroatoms. The number of morpholine rings is 1. The highest BCUT2D eigenvalue weighted by Crippen LogP contribution is 2.27. The molecule has 1 aromatic rings. The fourth-order valence-corrected chi connectivity index (χ4v) is 3.51. The molecule has 2 fully saturated rings. The molecule has 1 amide bonds. The molecule has 2 N–H and O–H groups in total. The van der Waals surface area contributed by atoms with Gasteiger partial charge in [0.2, 0.25) is 5.91 Å². The minimum atomic E-state index is -0.498. The maximum absolute atomic E-state index is 12.3. The number of furan rings is 1. The molecule has 0 aromatic carbocycles. The summed E-state index contributed by atoms with van der Waals surface area (Å²) in [5.74, 6) is 1.43. The number of amides is 1. The first kappa shape index (κ1) is 16.5. The number of carbonyl (C=O) groups excluding carboxylic acids is 1. The van der Waals surface area contributed by atoms with Crippen molar-refractivity contribution in [2.75, 3.05) is 32.8 Å². The van der Waals surface area contributed by atoms with Crippen LogP contribution in [0.4, 0.5) is 0 Å². The Morgan fingerprint density at radius 3 is 2.78 bits per heavy atom. The van der Waals surface area contributed by atoms with Crippen molar-refractivity contribution in [2.24, 2.45) is 5.92 Å². The zero-order valence-electron chi connectivity index (χ0n) is 13.7. The van der Waals surface area contributed by atoms with Gasteiger partial charge in [0.05, 0.1) is 31.3 Å². The number of ether oxygens (including phenoxy) is 1. The molecule has 0 radical (unpaired) electrons. The van der Waals surface area contributed by atoms with E-state index in [1.807, 2.05) is 19.1 Å². The van der Waals surface area contributed by atoms with Crippen LogP contribution >= 0.6 is 0 Å². The van der Waals surface area contributed by atoms with Gasteiger partial charge in [-0.3, -0.25) is 9.69 Å². The Bertz CT molecular complexity index is 524. The number of aryl methyl sites for hydroxylation is 1. The van der Waals surface area contributed by atoms with Crippen molar-refractivity contribution in [1.29, 1.82) is 0 Å². The van der Waals surface area contributed by atoms with Crippen LogP contribution in [0.2, 0.25) is 0 Å². The van der Waals surface area contributed by atoms with Crippen LogP contribution in [0.1, 0.15) is 36.8 Å². The topological polar surface area (TPSA) is 74.9 Å². The fraction of sp³-hybridized carbons (Fsp3) is 0.706. The first-order valence-electron chi connectivity index (χ1n) is 8.49. The van der Waals surface area contributed by atoms with E-state index >= 15 is 0 Å². The van der Waals surface area contributed by atoms with Crippen molar-refractivity contribution in [1.82, 2.24) is 10.2 Å². The molecule has 0 bridgehead atoms. The molecule has 2 aliphatic rings. The van der Waals surface area contributed by atoms with Crippen LogP contribution in [0.3, 0.4) is 0 Å². The molecule has 3 rings (SSSR count). The largest absolute Gasteiger partial charge is 0.465 e. The van der Waals surface area contributed by atoms with Gasteiger partial charge in [0.15, 0.2) is 0 Å². The van der Waals surface area contributed by atoms with Gasteiger partial charge in [-0.1, -0.05) is 0 Å². The van der Waals surface area contributed by atoms with Gasteiger partial charge in [-0.05, 0) is 38.3 Å². The predicted molar refractivity (Wildman–Crippen MR) is 84.9 cm³/mol. The van der Waals surface area contributed by atoms with Crippen molar-refractivity contribution >= 4 is 5.91 Å². The van der Waals surface area contributed by atoms with E-state index < -0.39 is 6.10 Å². The van der Waals surface area contributed by atoms with Gasteiger partial charge in [0.25, 0.3) is 0 Å². The summed E-state index contributed by atoms with van der Waals surface area (Å²) in [5, 5.41) is 12.9. The molecule has 1 saturated heterocycles. The summed E-state index contributed by atoms with van der Waals surface area (Å²) in [6.07, 6.45) is 1.92. The van der Waals surface area contributed by atoms with Crippen LogP contribution in [0, 0.1) is 12.8 Å². The third kappa shape index (κ3) is 3.94. The number of carbonyl (C=O) groups is 1. The van der Waals surface area contributed by atoms with Crippen molar-refractivity contribution in [2.45, 2.75) is 38.3 Å². The van der Waals surface area contributed by atoms with Gasteiger partial charge in [-0.2, -0.15) is 0 Å².